The normalized spacial score (nSPS) is 29.3. The Labute approximate surface area is 234 Å². The smallest absolute Gasteiger partial charge is 0.344 e. The Bertz CT molecular complexity index is 1330. The number of benzene rings is 1. The van der Waals surface area contributed by atoms with Crippen LogP contribution >= 0.6 is 0 Å². The van der Waals surface area contributed by atoms with E-state index in [2.05, 4.69) is 28.9 Å². The Balaban J connectivity index is 1.50. The molecule has 1 unspecified atom stereocenters. The summed E-state index contributed by atoms with van der Waals surface area (Å²) in [5.74, 6) is -0.737. The number of aromatic nitrogens is 2. The second kappa shape index (κ2) is 12.1. The molecule has 3 N–H and O–H groups in total. The van der Waals surface area contributed by atoms with Crippen LogP contribution in [0.5, 0.6) is 0 Å². The SMILES string of the molecule is CCC[C@H]1CC(C)C[C@H](N2[C@@H]3CCC[C@H]2C[C@@H](n2c(=O)c(/C(=N/OCC(=O)O)C(N)=O)nc4ccccc42)C3)C1. The molecule has 1 amide bonds. The van der Waals surface area contributed by atoms with Gasteiger partial charge in [-0.05, 0) is 68.9 Å². The van der Waals surface area contributed by atoms with Crippen molar-refractivity contribution in [3.05, 3.63) is 40.3 Å². The van der Waals surface area contributed by atoms with E-state index in [1.54, 1.807) is 10.6 Å². The number of rotatable bonds is 9. The van der Waals surface area contributed by atoms with Gasteiger partial charge in [-0.25, -0.2) is 9.78 Å². The summed E-state index contributed by atoms with van der Waals surface area (Å²) in [5.41, 5.74) is 5.66. The minimum Gasteiger partial charge on any atom is -0.479 e. The second-order valence-electron chi connectivity index (χ2n) is 12.0. The summed E-state index contributed by atoms with van der Waals surface area (Å²) < 4.78 is 1.78. The monoisotopic (exact) mass is 551 g/mol. The number of hydrogen-bond donors (Lipinski definition) is 2. The number of nitrogens with zero attached hydrogens (tertiary/aromatic N) is 4. The first-order chi connectivity index (χ1) is 19.3. The molecule has 3 fully saturated rings. The van der Waals surface area contributed by atoms with Gasteiger partial charge in [-0.3, -0.25) is 14.5 Å². The fourth-order valence-electron chi connectivity index (χ4n) is 7.82. The van der Waals surface area contributed by atoms with Gasteiger partial charge < -0.3 is 20.2 Å². The number of piperidine rings is 2. The number of fused-ring (bicyclic) bond motifs is 3. The summed E-state index contributed by atoms with van der Waals surface area (Å²) in [7, 11) is 0. The van der Waals surface area contributed by atoms with Crippen LogP contribution in [-0.4, -0.2) is 61.9 Å². The number of carboxylic acid groups (broad SMARTS) is 1. The lowest BCUT2D eigenvalue weighted by atomic mass is 9.73. The van der Waals surface area contributed by atoms with E-state index in [-0.39, 0.29) is 11.7 Å². The standard InChI is InChI=1S/C30H41N5O5/c1-3-7-19-12-18(2)13-22(14-19)34-20-8-6-9-21(34)16-23(15-20)35-25-11-5-4-10-24(25)32-28(30(35)39)27(29(31)38)33-40-17-26(36)37/h4-5,10-11,18-23H,3,6-9,12-17H2,1-2H3,(H2,31,38)(H,36,37)/b33-27-/t18?,19-,20-,21+,22-,23+/m0/s1. The summed E-state index contributed by atoms with van der Waals surface area (Å²) >= 11 is 0. The topological polar surface area (TPSA) is 140 Å². The molecular weight excluding hydrogens is 510 g/mol. The lowest BCUT2D eigenvalue weighted by Crippen LogP contribution is -2.58. The van der Waals surface area contributed by atoms with Gasteiger partial charge in [0.25, 0.3) is 11.5 Å². The van der Waals surface area contributed by atoms with Crippen LogP contribution in [0, 0.1) is 11.8 Å². The summed E-state index contributed by atoms with van der Waals surface area (Å²) in [4.78, 5) is 49.3. The number of amides is 1. The molecule has 3 aliphatic rings. The maximum absolute atomic E-state index is 14.0. The molecule has 2 aromatic rings. The first kappa shape index (κ1) is 28.3. The van der Waals surface area contributed by atoms with Gasteiger partial charge in [0.1, 0.15) is 0 Å². The minimum atomic E-state index is -1.26. The summed E-state index contributed by atoms with van der Waals surface area (Å²) in [6, 6.07) is 8.72. The number of carbonyl (C=O) groups is 2. The molecule has 3 heterocycles. The van der Waals surface area contributed by atoms with Gasteiger partial charge in [-0.15, -0.1) is 0 Å². The van der Waals surface area contributed by atoms with Crippen LogP contribution in [-0.2, 0) is 14.4 Å². The van der Waals surface area contributed by atoms with E-state index in [9.17, 15) is 14.4 Å². The highest BCUT2D eigenvalue weighted by Gasteiger charge is 2.44. The van der Waals surface area contributed by atoms with Crippen LogP contribution in [0.1, 0.15) is 89.8 Å². The molecule has 0 radical (unpaired) electrons. The maximum Gasteiger partial charge on any atom is 0.344 e. The number of nitrogens with two attached hydrogens (primary N) is 1. The molecule has 5 rings (SSSR count). The zero-order valence-electron chi connectivity index (χ0n) is 23.5. The van der Waals surface area contributed by atoms with E-state index in [1.165, 1.54) is 38.5 Å². The fraction of sp³-hybridized carbons (Fsp3) is 0.633. The minimum absolute atomic E-state index is 0.0628. The van der Waals surface area contributed by atoms with Crippen LogP contribution in [0.15, 0.2) is 34.2 Å². The van der Waals surface area contributed by atoms with Crippen LogP contribution < -0.4 is 11.3 Å². The van der Waals surface area contributed by atoms with Gasteiger partial charge in [0.2, 0.25) is 6.61 Å². The number of carboxylic acids is 1. The average Bonchev–Trinajstić information content (AvgIpc) is 2.90. The number of para-hydroxylation sites is 2. The first-order valence-corrected chi connectivity index (χ1v) is 14.8. The van der Waals surface area contributed by atoms with Gasteiger partial charge in [0.15, 0.2) is 11.4 Å². The largest absolute Gasteiger partial charge is 0.479 e. The fourth-order valence-corrected chi connectivity index (χ4v) is 7.82. The van der Waals surface area contributed by atoms with Gasteiger partial charge in [-0.1, -0.05) is 50.4 Å². The van der Waals surface area contributed by atoms with Crippen LogP contribution in [0.2, 0.25) is 0 Å². The first-order valence-electron chi connectivity index (χ1n) is 14.8. The van der Waals surface area contributed by atoms with Gasteiger partial charge in [0.05, 0.1) is 11.0 Å². The van der Waals surface area contributed by atoms with Crippen molar-refractivity contribution in [2.75, 3.05) is 6.61 Å². The lowest BCUT2D eigenvalue weighted by Gasteiger charge is -2.54. The molecule has 1 aromatic carbocycles. The zero-order chi connectivity index (χ0) is 28.4. The number of oxime groups is 1. The number of hydrogen-bond acceptors (Lipinski definition) is 7. The van der Waals surface area contributed by atoms with Crippen molar-refractivity contribution >= 4 is 28.6 Å². The Morgan fingerprint density at radius 3 is 2.48 bits per heavy atom. The number of aliphatic carboxylic acids is 1. The van der Waals surface area contributed by atoms with Gasteiger partial charge >= 0.3 is 5.97 Å². The average molecular weight is 552 g/mol. The van der Waals surface area contributed by atoms with E-state index in [0.29, 0.717) is 29.2 Å². The van der Waals surface area contributed by atoms with Crippen molar-refractivity contribution in [3.63, 3.8) is 0 Å². The highest BCUT2D eigenvalue weighted by Crippen LogP contribution is 2.45. The van der Waals surface area contributed by atoms with Crippen molar-refractivity contribution in [1.82, 2.24) is 14.5 Å². The molecule has 2 saturated heterocycles. The third-order valence-corrected chi connectivity index (χ3v) is 9.10. The summed E-state index contributed by atoms with van der Waals surface area (Å²) in [6.07, 6.45) is 11.5. The summed E-state index contributed by atoms with van der Waals surface area (Å²) in [5, 5.41) is 12.5. The van der Waals surface area contributed by atoms with Crippen molar-refractivity contribution < 1.29 is 19.5 Å². The predicted octanol–water partition coefficient (Wildman–Crippen LogP) is 3.85. The molecule has 1 aliphatic carbocycles. The molecule has 10 nitrogen and oxygen atoms in total. The van der Waals surface area contributed by atoms with Crippen molar-refractivity contribution in [3.8, 4) is 0 Å². The Hall–Kier alpha value is -3.27. The van der Waals surface area contributed by atoms with Crippen LogP contribution in [0.25, 0.3) is 11.0 Å². The number of primary amides is 1. The van der Waals surface area contributed by atoms with E-state index in [0.717, 1.165) is 37.5 Å². The highest BCUT2D eigenvalue weighted by molar-refractivity contribution is 6.44. The molecule has 2 aliphatic heterocycles. The molecule has 6 atom stereocenters. The van der Waals surface area contributed by atoms with Gasteiger partial charge in [0, 0.05) is 24.2 Å². The highest BCUT2D eigenvalue weighted by atomic mass is 16.6. The molecule has 40 heavy (non-hydrogen) atoms. The maximum atomic E-state index is 14.0. The molecule has 216 valence electrons. The second-order valence-corrected chi connectivity index (χ2v) is 12.0. The van der Waals surface area contributed by atoms with Crippen LogP contribution in [0.3, 0.4) is 0 Å². The molecule has 1 aromatic heterocycles. The van der Waals surface area contributed by atoms with E-state index >= 15 is 0 Å². The molecule has 1 saturated carbocycles. The quantitative estimate of drug-likeness (QED) is 0.356. The Morgan fingerprint density at radius 1 is 1.07 bits per heavy atom. The van der Waals surface area contributed by atoms with E-state index in [4.69, 9.17) is 15.7 Å². The molecule has 10 heteroatoms. The Morgan fingerprint density at radius 2 is 1.80 bits per heavy atom. The van der Waals surface area contributed by atoms with Crippen molar-refractivity contribution in [1.29, 1.82) is 0 Å². The third-order valence-electron chi connectivity index (χ3n) is 9.10. The number of carbonyl (C=O) groups excluding carboxylic acids is 1. The molecule has 2 bridgehead atoms. The van der Waals surface area contributed by atoms with E-state index in [1.807, 2.05) is 18.2 Å². The van der Waals surface area contributed by atoms with Gasteiger partial charge in [-0.2, -0.15) is 0 Å². The lowest BCUT2D eigenvalue weighted by molar-refractivity contribution is -0.142. The zero-order valence-corrected chi connectivity index (χ0v) is 23.5. The molecule has 0 spiro atoms. The summed E-state index contributed by atoms with van der Waals surface area (Å²) in [6.45, 7) is 3.92. The Kier molecular flexibility index (Phi) is 8.54. The van der Waals surface area contributed by atoms with Crippen LogP contribution in [0.4, 0.5) is 0 Å². The van der Waals surface area contributed by atoms with Crippen molar-refractivity contribution in [2.45, 2.75) is 102 Å². The molecular formula is C30H41N5O5. The third kappa shape index (κ3) is 5.77. The van der Waals surface area contributed by atoms with E-state index < -0.39 is 29.8 Å². The predicted molar refractivity (Wildman–Crippen MR) is 152 cm³/mol. The van der Waals surface area contributed by atoms with Crippen molar-refractivity contribution in [2.24, 2.45) is 22.7 Å².